The Kier molecular flexibility index (Phi) is 34.0. The number of fused-ring (bicyclic) bond motifs is 4. The molecule has 28 nitrogen and oxygen atoms in total. The molecule has 2 aromatic heterocycles. The standard InChI is InChI=1S/C71H97N15O13S3/c1-98-38-39-99-37-35-75-60(87)30-36-86-61(88)40-59(70(86)95)102-43-58(85-68(93)56(82-65(90)53(26-10-14-31-72)80-64(89)48(74)41-100)29-13-17-34-77-63-46-20-4-8-24-51(46)79-52-25-9-5-21-47(52)63)69(94)83-55(66(91)81-54(27-11-15-32-73)67(92)84-57(42-101)71(96)97)28-12-16-33-76-62-44-18-2-6-22-49(44)78-50-23-7-3-19-45(50)62/h2-9,18-25,48,53-59,100-101H,10-17,26-43,72-74H2,1H3,(H,75,87)(H,76,78)(H,77,79)(H,80,89)(H,81,91)(H,82,90)(H,83,94)(H,84,92)(H,85,93)(H,96,97). The average molecular weight is 1460 g/mol. The van der Waals surface area contributed by atoms with E-state index in [0.29, 0.717) is 77.8 Å². The number of amides is 9. The van der Waals surface area contributed by atoms with Crippen molar-refractivity contribution in [2.45, 2.75) is 137 Å². The maximum absolute atomic E-state index is 15.4. The fraction of sp³-hybridized carbons (Fsp3) is 0.493. The molecule has 31 heteroatoms. The molecule has 0 bridgehead atoms. The van der Waals surface area contributed by atoms with Crippen LogP contribution in [-0.2, 0) is 57.4 Å². The number of carboxylic acids is 1. The van der Waals surface area contributed by atoms with Crippen LogP contribution in [0.3, 0.4) is 0 Å². The molecule has 0 aliphatic carbocycles. The van der Waals surface area contributed by atoms with Crippen molar-refractivity contribution in [3.63, 3.8) is 0 Å². The van der Waals surface area contributed by atoms with E-state index < -0.39 is 107 Å². The monoisotopic (exact) mass is 1460 g/mol. The Labute approximate surface area is 608 Å². The number of carbonyl (C=O) groups is 10. The second kappa shape index (κ2) is 42.9. The van der Waals surface area contributed by atoms with Gasteiger partial charge in [-0.2, -0.15) is 25.3 Å². The molecular formula is C71H97N15O13S3. The van der Waals surface area contributed by atoms with Crippen molar-refractivity contribution in [2.75, 3.05) is 94.1 Å². The minimum absolute atomic E-state index is 0.00903. The number of nitrogens with one attached hydrogen (secondary N) is 9. The topological polar surface area (TPSA) is 425 Å². The molecule has 552 valence electrons. The van der Waals surface area contributed by atoms with Gasteiger partial charge in [0, 0.05) is 84.9 Å². The predicted octanol–water partition coefficient (Wildman–Crippen LogP) is 3.42. The van der Waals surface area contributed by atoms with Crippen molar-refractivity contribution < 1.29 is 62.5 Å². The SMILES string of the molecule is COCCOCCNC(=O)CCN1C(=O)CC(SCC(NC(=O)C(CCCCNc2c3ccccc3nc3ccccc23)NC(=O)C(CCCCN)NC(=O)C(N)CS)C(=O)NC(CCCCNc2c3ccccc3nc3ccccc23)C(=O)NC(CCCCN)C(=O)NC(CS)C(=O)O)C1=O. The number of aliphatic carboxylic acids is 1. The number of hydrogen-bond acceptors (Lipinski definition) is 22. The van der Waals surface area contributed by atoms with Crippen molar-refractivity contribution in [3.05, 3.63) is 97.1 Å². The molecular weight excluding hydrogens is 1370 g/mol. The minimum atomic E-state index is -1.61. The lowest BCUT2D eigenvalue weighted by atomic mass is 10.0. The lowest BCUT2D eigenvalue weighted by Crippen LogP contribution is -2.60. The van der Waals surface area contributed by atoms with Crippen LogP contribution in [0.25, 0.3) is 43.6 Å². The lowest BCUT2D eigenvalue weighted by Gasteiger charge is -2.28. The fourth-order valence-corrected chi connectivity index (χ4v) is 13.2. The zero-order valence-electron chi connectivity index (χ0n) is 57.5. The number of aromatic nitrogens is 2. The summed E-state index contributed by atoms with van der Waals surface area (Å²) in [5, 5.41) is 38.5. The van der Waals surface area contributed by atoms with Crippen LogP contribution in [0.15, 0.2) is 97.1 Å². The number of methoxy groups -OCH3 is 1. The third-order valence-electron chi connectivity index (χ3n) is 17.2. The second-order valence-electron chi connectivity index (χ2n) is 24.7. The minimum Gasteiger partial charge on any atom is -0.480 e. The first-order valence-electron chi connectivity index (χ1n) is 34.6. The molecule has 1 aliphatic rings. The summed E-state index contributed by atoms with van der Waals surface area (Å²) in [5.74, 6) is -8.52. The van der Waals surface area contributed by atoms with Gasteiger partial charge in [-0.15, -0.1) is 11.8 Å². The van der Waals surface area contributed by atoms with Gasteiger partial charge in [0.25, 0.3) is 0 Å². The Morgan fingerprint density at radius 1 is 0.539 bits per heavy atom. The normalized spacial score (nSPS) is 15.0. The molecule has 8 unspecified atom stereocenters. The van der Waals surface area contributed by atoms with Crippen LogP contribution >= 0.6 is 37.0 Å². The van der Waals surface area contributed by atoms with Crippen molar-refractivity contribution in [1.82, 2.24) is 52.1 Å². The highest BCUT2D eigenvalue weighted by Gasteiger charge is 2.41. The Balaban J connectivity index is 1.19. The number of pyridine rings is 2. The summed E-state index contributed by atoms with van der Waals surface area (Å²) in [6.45, 7) is 2.17. The van der Waals surface area contributed by atoms with E-state index in [1.807, 2.05) is 97.1 Å². The highest BCUT2D eigenvalue weighted by molar-refractivity contribution is 8.00. The molecule has 1 fully saturated rings. The molecule has 6 aromatic rings. The summed E-state index contributed by atoms with van der Waals surface area (Å²) in [6, 6.07) is 21.4. The smallest absolute Gasteiger partial charge is 0.327 e. The van der Waals surface area contributed by atoms with E-state index in [0.717, 1.165) is 71.6 Å². The summed E-state index contributed by atoms with van der Waals surface area (Å²) in [6.07, 6.45) is 2.75. The van der Waals surface area contributed by atoms with Gasteiger partial charge >= 0.3 is 5.97 Å². The number of unbranched alkanes of at least 4 members (excludes halogenated alkanes) is 4. The number of imide groups is 1. The van der Waals surface area contributed by atoms with Gasteiger partial charge in [0.1, 0.15) is 36.3 Å². The molecule has 8 atom stereocenters. The van der Waals surface area contributed by atoms with Crippen LogP contribution in [0.1, 0.15) is 89.9 Å². The first-order valence-corrected chi connectivity index (χ1v) is 37.0. The Bertz CT molecular complexity index is 3710. The van der Waals surface area contributed by atoms with Gasteiger partial charge in [0.15, 0.2) is 0 Å². The number of thioether (sulfide) groups is 1. The average Bonchev–Trinajstić information content (AvgIpc) is 0.990. The molecule has 9 amide bonds. The first-order chi connectivity index (χ1) is 49.4. The molecule has 7 rings (SSSR count). The third-order valence-corrected chi connectivity index (χ3v) is 19.3. The van der Waals surface area contributed by atoms with Crippen LogP contribution in [0, 0.1) is 0 Å². The summed E-state index contributed by atoms with van der Waals surface area (Å²) in [4.78, 5) is 151. The van der Waals surface area contributed by atoms with E-state index in [4.69, 9.17) is 36.6 Å². The number of likely N-dealkylation sites (tertiary alicyclic amines) is 1. The molecule has 102 heavy (non-hydrogen) atoms. The van der Waals surface area contributed by atoms with Crippen LogP contribution in [0.5, 0.6) is 0 Å². The van der Waals surface area contributed by atoms with Crippen LogP contribution in [-0.4, -0.2) is 210 Å². The van der Waals surface area contributed by atoms with Gasteiger partial charge < -0.3 is 79.6 Å². The van der Waals surface area contributed by atoms with Gasteiger partial charge in [0.2, 0.25) is 53.2 Å². The van der Waals surface area contributed by atoms with E-state index in [2.05, 4.69) is 73.1 Å². The van der Waals surface area contributed by atoms with Crippen molar-refractivity contribution in [1.29, 1.82) is 0 Å². The Morgan fingerprint density at radius 3 is 1.35 bits per heavy atom. The van der Waals surface area contributed by atoms with Gasteiger partial charge in [0.05, 0.1) is 64.6 Å². The molecule has 3 heterocycles. The van der Waals surface area contributed by atoms with E-state index in [-0.39, 0.29) is 88.4 Å². The number of carbonyl (C=O) groups excluding carboxylic acids is 9. The number of anilines is 2. The number of benzene rings is 4. The summed E-state index contributed by atoms with van der Waals surface area (Å²) in [5.41, 5.74) is 22.5. The van der Waals surface area contributed by atoms with Crippen LogP contribution < -0.4 is 65.1 Å². The van der Waals surface area contributed by atoms with Gasteiger partial charge in [-0.25, -0.2) is 14.8 Å². The highest BCUT2D eigenvalue weighted by Crippen LogP contribution is 2.33. The Hall–Kier alpha value is -8.43. The molecule has 0 saturated carbocycles. The maximum Gasteiger partial charge on any atom is 0.327 e. The second-order valence-corrected chi connectivity index (χ2v) is 26.7. The number of carboxylic acid groups (broad SMARTS) is 1. The summed E-state index contributed by atoms with van der Waals surface area (Å²) < 4.78 is 10.4. The van der Waals surface area contributed by atoms with Crippen LogP contribution in [0.2, 0.25) is 0 Å². The number of thiol groups is 2. The maximum atomic E-state index is 15.4. The Morgan fingerprint density at radius 2 is 0.941 bits per heavy atom. The van der Waals surface area contributed by atoms with Gasteiger partial charge in [-0.05, 0) is 114 Å². The number of rotatable bonds is 47. The van der Waals surface area contributed by atoms with Crippen LogP contribution in [0.4, 0.5) is 11.4 Å². The highest BCUT2D eigenvalue weighted by atomic mass is 32.2. The van der Waals surface area contributed by atoms with E-state index in [9.17, 15) is 43.5 Å². The fourth-order valence-electron chi connectivity index (χ4n) is 11.6. The van der Waals surface area contributed by atoms with Crippen molar-refractivity contribution in [2.24, 2.45) is 17.2 Å². The van der Waals surface area contributed by atoms with E-state index in [1.165, 1.54) is 7.11 Å². The molecule has 0 spiro atoms. The number of nitrogens with zero attached hydrogens (tertiary/aromatic N) is 3. The number of hydrogen-bond donors (Lipinski definition) is 15. The number of nitrogens with two attached hydrogens (primary N) is 3. The van der Waals surface area contributed by atoms with Gasteiger partial charge in [-0.3, -0.25) is 48.1 Å². The molecule has 1 saturated heterocycles. The van der Waals surface area contributed by atoms with Crippen molar-refractivity contribution in [3.8, 4) is 0 Å². The molecule has 0 radical (unpaired) electrons. The zero-order chi connectivity index (χ0) is 73.3. The van der Waals surface area contributed by atoms with E-state index in [1.54, 1.807) is 0 Å². The first kappa shape index (κ1) is 80.9. The molecule has 1 aliphatic heterocycles. The zero-order valence-corrected chi connectivity index (χ0v) is 60.1. The number of para-hydroxylation sites is 4. The number of ether oxygens (including phenoxy) is 2. The predicted molar refractivity (Wildman–Crippen MR) is 402 cm³/mol. The van der Waals surface area contributed by atoms with Gasteiger partial charge in [-0.1, -0.05) is 72.8 Å². The largest absolute Gasteiger partial charge is 0.480 e. The quantitative estimate of drug-likeness (QED) is 0.0113. The molecule has 4 aromatic carbocycles. The summed E-state index contributed by atoms with van der Waals surface area (Å²) >= 11 is 9.18. The van der Waals surface area contributed by atoms with Crippen molar-refractivity contribution >= 4 is 151 Å². The lowest BCUT2D eigenvalue weighted by molar-refractivity contribution is -0.142. The van der Waals surface area contributed by atoms with E-state index >= 15 is 9.59 Å². The third kappa shape index (κ3) is 24.4. The summed E-state index contributed by atoms with van der Waals surface area (Å²) in [7, 11) is 1.53. The molecule has 16 N–H and O–H groups in total.